The predicted octanol–water partition coefficient (Wildman–Crippen LogP) is 3.38. The summed E-state index contributed by atoms with van der Waals surface area (Å²) in [5.74, 6) is 3.39. The third kappa shape index (κ3) is 3.16. The molecule has 1 aliphatic heterocycles. The van der Waals surface area contributed by atoms with Crippen molar-refractivity contribution in [2.45, 2.75) is 72.0 Å². The van der Waals surface area contributed by atoms with Crippen molar-refractivity contribution in [3.63, 3.8) is 0 Å². The maximum Gasteiger partial charge on any atom is 0.0278 e. The molecule has 0 spiro atoms. The van der Waals surface area contributed by atoms with Gasteiger partial charge in [0.25, 0.3) is 0 Å². The first-order valence-corrected chi connectivity index (χ1v) is 8.37. The molecule has 7 atom stereocenters. The van der Waals surface area contributed by atoms with Crippen LogP contribution in [-0.2, 0) is 0 Å². The van der Waals surface area contributed by atoms with Gasteiger partial charge >= 0.3 is 0 Å². The lowest BCUT2D eigenvalue weighted by Gasteiger charge is -2.52. The zero-order chi connectivity index (χ0) is 14.2. The molecular formula is C17H34N2. The molecule has 0 aromatic carbocycles. The Morgan fingerprint density at radius 3 is 2.11 bits per heavy atom. The van der Waals surface area contributed by atoms with Crippen molar-refractivity contribution >= 4 is 0 Å². The average molecular weight is 266 g/mol. The van der Waals surface area contributed by atoms with Gasteiger partial charge in [-0.25, -0.2) is 0 Å². The van der Waals surface area contributed by atoms with Gasteiger partial charge in [-0.3, -0.25) is 4.90 Å². The summed E-state index contributed by atoms with van der Waals surface area (Å²) in [5.41, 5.74) is 0. The second-order valence-corrected chi connectivity index (χ2v) is 7.70. The smallest absolute Gasteiger partial charge is 0.0278 e. The number of piperidine rings is 1. The molecule has 112 valence electrons. The molecule has 2 nitrogen and oxygen atoms in total. The minimum atomic E-state index is 0.679. The molecule has 0 amide bonds. The Morgan fingerprint density at radius 2 is 1.47 bits per heavy atom. The Kier molecular flexibility index (Phi) is 4.94. The highest BCUT2D eigenvalue weighted by molar-refractivity contribution is 4.97. The number of rotatable bonds is 2. The van der Waals surface area contributed by atoms with E-state index in [0.717, 1.165) is 35.8 Å². The van der Waals surface area contributed by atoms with Gasteiger partial charge in [0.1, 0.15) is 0 Å². The second kappa shape index (κ2) is 6.13. The summed E-state index contributed by atoms with van der Waals surface area (Å²) in [7, 11) is 2.16. The molecule has 0 bridgehead atoms. The van der Waals surface area contributed by atoms with Gasteiger partial charge in [0.2, 0.25) is 0 Å². The molecule has 1 heterocycles. The summed E-state index contributed by atoms with van der Waals surface area (Å²) >= 11 is 0. The van der Waals surface area contributed by atoms with Crippen LogP contribution in [0.4, 0.5) is 0 Å². The number of likely N-dealkylation sites (N-methyl/N-ethyl adjacent to an activating group) is 1. The van der Waals surface area contributed by atoms with E-state index in [-0.39, 0.29) is 0 Å². The van der Waals surface area contributed by atoms with Crippen molar-refractivity contribution in [2.24, 2.45) is 23.7 Å². The minimum Gasteiger partial charge on any atom is -0.315 e. The van der Waals surface area contributed by atoms with E-state index >= 15 is 0 Å². The number of hydrogen-bond acceptors (Lipinski definition) is 2. The van der Waals surface area contributed by atoms with Gasteiger partial charge in [0, 0.05) is 24.7 Å². The van der Waals surface area contributed by atoms with E-state index in [4.69, 9.17) is 0 Å². The Balaban J connectivity index is 2.16. The summed E-state index contributed by atoms with van der Waals surface area (Å²) in [4.78, 5) is 2.84. The van der Waals surface area contributed by atoms with E-state index < -0.39 is 0 Å². The van der Waals surface area contributed by atoms with Crippen LogP contribution in [0.1, 0.15) is 53.9 Å². The first-order chi connectivity index (χ1) is 8.93. The quantitative estimate of drug-likeness (QED) is 0.824. The Morgan fingerprint density at radius 1 is 0.842 bits per heavy atom. The lowest BCUT2D eigenvalue weighted by molar-refractivity contribution is -0.0175. The fourth-order valence-corrected chi connectivity index (χ4v) is 4.84. The molecule has 2 aliphatic rings. The van der Waals surface area contributed by atoms with Crippen LogP contribution in [0.5, 0.6) is 0 Å². The molecule has 1 saturated carbocycles. The lowest BCUT2D eigenvalue weighted by Crippen LogP contribution is -2.61. The van der Waals surface area contributed by atoms with Crippen molar-refractivity contribution in [1.29, 1.82) is 0 Å². The molecule has 1 N–H and O–H groups in total. The van der Waals surface area contributed by atoms with E-state index in [1.165, 1.54) is 25.8 Å². The van der Waals surface area contributed by atoms with Crippen LogP contribution in [0, 0.1) is 23.7 Å². The Bertz CT molecular complexity index is 291. The van der Waals surface area contributed by atoms with Crippen molar-refractivity contribution in [3.05, 3.63) is 0 Å². The molecule has 0 aromatic rings. The number of likely N-dealkylation sites (tertiary alicyclic amines) is 1. The SMILES string of the molecule is CNC1CC(C)CC(C)C1N1CC(C)CC(C)C1C. The van der Waals surface area contributed by atoms with Gasteiger partial charge in [0.15, 0.2) is 0 Å². The molecule has 2 rings (SSSR count). The largest absolute Gasteiger partial charge is 0.315 e. The number of nitrogens with one attached hydrogen (secondary N) is 1. The van der Waals surface area contributed by atoms with Crippen LogP contribution in [0.2, 0.25) is 0 Å². The average Bonchev–Trinajstić information content (AvgIpc) is 2.33. The van der Waals surface area contributed by atoms with Crippen LogP contribution in [0.3, 0.4) is 0 Å². The summed E-state index contributed by atoms with van der Waals surface area (Å²) < 4.78 is 0. The van der Waals surface area contributed by atoms with Crippen LogP contribution in [-0.4, -0.2) is 36.6 Å². The molecule has 2 heteroatoms. The molecule has 0 aromatic heterocycles. The zero-order valence-corrected chi connectivity index (χ0v) is 13.8. The van der Waals surface area contributed by atoms with Gasteiger partial charge in [-0.1, -0.05) is 27.7 Å². The van der Waals surface area contributed by atoms with Gasteiger partial charge in [-0.2, -0.15) is 0 Å². The zero-order valence-electron chi connectivity index (χ0n) is 13.8. The topological polar surface area (TPSA) is 15.3 Å². The highest BCUT2D eigenvalue weighted by atomic mass is 15.2. The summed E-state index contributed by atoms with van der Waals surface area (Å²) in [6.45, 7) is 13.5. The lowest BCUT2D eigenvalue weighted by atomic mass is 9.73. The van der Waals surface area contributed by atoms with E-state index in [1.54, 1.807) is 0 Å². The minimum absolute atomic E-state index is 0.679. The molecule has 0 radical (unpaired) electrons. The third-order valence-electron chi connectivity index (χ3n) is 5.82. The van der Waals surface area contributed by atoms with E-state index in [2.05, 4.69) is 51.9 Å². The third-order valence-corrected chi connectivity index (χ3v) is 5.82. The maximum atomic E-state index is 3.62. The van der Waals surface area contributed by atoms with Crippen molar-refractivity contribution in [2.75, 3.05) is 13.6 Å². The van der Waals surface area contributed by atoms with Crippen LogP contribution in [0.15, 0.2) is 0 Å². The van der Waals surface area contributed by atoms with E-state index in [9.17, 15) is 0 Å². The molecular weight excluding hydrogens is 232 g/mol. The monoisotopic (exact) mass is 266 g/mol. The van der Waals surface area contributed by atoms with Crippen LogP contribution in [0.25, 0.3) is 0 Å². The first kappa shape index (κ1) is 15.3. The summed E-state index contributed by atoms with van der Waals surface area (Å²) in [6, 6.07) is 2.16. The van der Waals surface area contributed by atoms with Gasteiger partial charge < -0.3 is 5.32 Å². The molecule has 7 unspecified atom stereocenters. The van der Waals surface area contributed by atoms with E-state index in [1.807, 2.05) is 0 Å². The van der Waals surface area contributed by atoms with Crippen molar-refractivity contribution in [3.8, 4) is 0 Å². The summed E-state index contributed by atoms with van der Waals surface area (Å²) in [6.07, 6.45) is 4.14. The van der Waals surface area contributed by atoms with Gasteiger partial charge in [0.05, 0.1) is 0 Å². The number of nitrogens with zero attached hydrogens (tertiary/aromatic N) is 1. The molecule has 1 aliphatic carbocycles. The van der Waals surface area contributed by atoms with Crippen molar-refractivity contribution in [1.82, 2.24) is 10.2 Å². The Labute approximate surface area is 120 Å². The molecule has 19 heavy (non-hydrogen) atoms. The van der Waals surface area contributed by atoms with Gasteiger partial charge in [-0.15, -0.1) is 0 Å². The fourth-order valence-electron chi connectivity index (χ4n) is 4.84. The Hall–Kier alpha value is -0.0800. The number of hydrogen-bond donors (Lipinski definition) is 1. The fraction of sp³-hybridized carbons (Fsp3) is 1.00. The standard InChI is InChI=1S/C17H34N2/c1-11-7-14(4)17(16(9-11)18-6)19-10-12(2)8-13(3)15(19)5/h11-18H,7-10H2,1-6H3. The maximum absolute atomic E-state index is 3.62. The first-order valence-electron chi connectivity index (χ1n) is 8.37. The second-order valence-electron chi connectivity index (χ2n) is 7.70. The van der Waals surface area contributed by atoms with Crippen molar-refractivity contribution < 1.29 is 0 Å². The highest BCUT2D eigenvalue weighted by Crippen LogP contribution is 2.37. The molecule has 2 fully saturated rings. The van der Waals surface area contributed by atoms with E-state index in [0.29, 0.717) is 6.04 Å². The summed E-state index contributed by atoms with van der Waals surface area (Å²) in [5, 5.41) is 3.62. The normalized spacial score (nSPS) is 49.3. The predicted molar refractivity (Wildman–Crippen MR) is 83.3 cm³/mol. The van der Waals surface area contributed by atoms with Gasteiger partial charge in [-0.05, 0) is 56.9 Å². The highest BCUT2D eigenvalue weighted by Gasteiger charge is 2.41. The van der Waals surface area contributed by atoms with Crippen LogP contribution < -0.4 is 5.32 Å². The molecule has 1 saturated heterocycles. The van der Waals surface area contributed by atoms with Crippen LogP contribution >= 0.6 is 0 Å².